The fraction of sp³-hybridized carbons (Fsp3) is 0.171. The van der Waals surface area contributed by atoms with Gasteiger partial charge in [0.05, 0.1) is 17.3 Å². The number of hydrogen-bond donors (Lipinski definition) is 2. The van der Waals surface area contributed by atoms with Crippen molar-refractivity contribution in [3.63, 3.8) is 0 Å². The van der Waals surface area contributed by atoms with Crippen molar-refractivity contribution in [2.75, 3.05) is 31.5 Å². The molecule has 4 aromatic carbocycles. The molecule has 1 saturated heterocycles. The van der Waals surface area contributed by atoms with Gasteiger partial charge in [-0.3, -0.25) is 19.8 Å². The van der Waals surface area contributed by atoms with Crippen molar-refractivity contribution < 1.29 is 9.59 Å². The quantitative estimate of drug-likeness (QED) is 0.207. The van der Waals surface area contributed by atoms with E-state index in [1.807, 2.05) is 60.4 Å². The van der Waals surface area contributed by atoms with Crippen LogP contribution in [0.5, 0.6) is 0 Å². The minimum Gasteiger partial charge on any atom is -0.336 e. The summed E-state index contributed by atoms with van der Waals surface area (Å²) in [4.78, 5) is 30.4. The number of aryl methyl sites for hydroxylation is 1. The minimum absolute atomic E-state index is 0.0675. The first-order chi connectivity index (χ1) is 20.5. The highest BCUT2D eigenvalue weighted by molar-refractivity contribution is 7.80. The molecule has 6 nitrogen and oxygen atoms in total. The van der Waals surface area contributed by atoms with Gasteiger partial charge >= 0.3 is 0 Å². The Morgan fingerprint density at radius 1 is 0.762 bits per heavy atom. The fourth-order valence-corrected chi connectivity index (χ4v) is 5.38. The lowest BCUT2D eigenvalue weighted by Gasteiger charge is -2.40. The number of carbonyl (C=O) groups is 2. The van der Waals surface area contributed by atoms with Gasteiger partial charge in [0.25, 0.3) is 5.91 Å². The van der Waals surface area contributed by atoms with Gasteiger partial charge in [-0.25, -0.2) is 0 Å². The summed E-state index contributed by atoms with van der Waals surface area (Å²) in [5.74, 6) is -0.415. The first kappa shape index (κ1) is 28.9. The average Bonchev–Trinajstić information content (AvgIpc) is 3.02. The standard InChI is InChI=1S/C35H34N4O2S/c1-26-16-18-27(19-17-26)20-21-32(40)37-35(42)36-31-15-9-8-14-30(31)34(41)39-24-22-38(23-25-39)33(28-10-4-2-5-11-28)29-12-6-3-7-13-29/h2-21,33H,22-25H2,1H3,(H2,36,37,40,42)/b21-20+. The van der Waals surface area contributed by atoms with Crippen LogP contribution in [0, 0.1) is 6.92 Å². The van der Waals surface area contributed by atoms with Crippen molar-refractivity contribution in [3.8, 4) is 0 Å². The Morgan fingerprint density at radius 3 is 1.95 bits per heavy atom. The molecule has 4 aromatic rings. The lowest BCUT2D eigenvalue weighted by Crippen LogP contribution is -2.50. The van der Waals surface area contributed by atoms with Crippen LogP contribution < -0.4 is 10.6 Å². The van der Waals surface area contributed by atoms with Gasteiger partial charge in [-0.05, 0) is 54.0 Å². The zero-order valence-electron chi connectivity index (χ0n) is 23.6. The molecule has 0 aromatic heterocycles. The first-order valence-corrected chi connectivity index (χ1v) is 14.5. The van der Waals surface area contributed by atoms with Crippen LogP contribution >= 0.6 is 12.2 Å². The monoisotopic (exact) mass is 574 g/mol. The van der Waals surface area contributed by atoms with Gasteiger partial charge in [0.2, 0.25) is 5.91 Å². The number of hydrogen-bond acceptors (Lipinski definition) is 4. The van der Waals surface area contributed by atoms with E-state index in [1.165, 1.54) is 17.2 Å². The second-order valence-electron chi connectivity index (χ2n) is 10.3. The summed E-state index contributed by atoms with van der Waals surface area (Å²) in [7, 11) is 0. The highest BCUT2D eigenvalue weighted by atomic mass is 32.1. The summed E-state index contributed by atoms with van der Waals surface area (Å²) in [6.45, 7) is 4.72. The second-order valence-corrected chi connectivity index (χ2v) is 10.7. The third-order valence-corrected chi connectivity index (χ3v) is 7.55. The molecule has 2 amide bonds. The van der Waals surface area contributed by atoms with E-state index < -0.39 is 0 Å². The summed E-state index contributed by atoms with van der Waals surface area (Å²) in [5, 5.41) is 5.84. The summed E-state index contributed by atoms with van der Waals surface area (Å²) in [5.41, 5.74) is 5.62. The second kappa shape index (κ2) is 13.9. The van der Waals surface area contributed by atoms with E-state index in [0.29, 0.717) is 24.3 Å². The van der Waals surface area contributed by atoms with E-state index in [2.05, 4.69) is 64.1 Å². The number of piperazine rings is 1. The molecule has 2 N–H and O–H groups in total. The maximum atomic E-state index is 13.6. The number of nitrogens with one attached hydrogen (secondary N) is 2. The molecule has 0 spiro atoms. The first-order valence-electron chi connectivity index (χ1n) is 14.1. The van der Waals surface area contributed by atoms with Crippen LogP contribution in [0.15, 0.2) is 115 Å². The Labute approximate surface area is 252 Å². The number of nitrogens with zero attached hydrogens (tertiary/aromatic N) is 2. The average molecular weight is 575 g/mol. The van der Waals surface area contributed by atoms with Crippen LogP contribution in [-0.4, -0.2) is 52.9 Å². The van der Waals surface area contributed by atoms with E-state index in [1.54, 1.807) is 18.2 Å². The van der Waals surface area contributed by atoms with Crippen LogP contribution in [0.1, 0.15) is 38.7 Å². The number of amides is 2. The van der Waals surface area contributed by atoms with Crippen molar-refractivity contribution in [3.05, 3.63) is 143 Å². The highest BCUT2D eigenvalue weighted by Crippen LogP contribution is 2.30. The summed E-state index contributed by atoms with van der Waals surface area (Å²) < 4.78 is 0. The number of benzene rings is 4. The topological polar surface area (TPSA) is 64.7 Å². The number of anilines is 1. The van der Waals surface area contributed by atoms with E-state index in [-0.39, 0.29) is 23.0 Å². The molecule has 1 aliphatic heterocycles. The predicted molar refractivity (Wildman–Crippen MR) is 173 cm³/mol. The Balaban J connectivity index is 1.21. The minimum atomic E-state index is -0.348. The molecule has 0 unspecified atom stereocenters. The van der Waals surface area contributed by atoms with E-state index >= 15 is 0 Å². The lowest BCUT2D eigenvalue weighted by molar-refractivity contribution is -0.115. The van der Waals surface area contributed by atoms with Crippen LogP contribution in [0.25, 0.3) is 6.08 Å². The van der Waals surface area contributed by atoms with Crippen LogP contribution in [0.3, 0.4) is 0 Å². The molecule has 0 atom stereocenters. The molecular weight excluding hydrogens is 540 g/mol. The zero-order valence-corrected chi connectivity index (χ0v) is 24.4. The molecule has 5 rings (SSSR count). The third-order valence-electron chi connectivity index (χ3n) is 7.34. The molecule has 0 aliphatic carbocycles. The largest absolute Gasteiger partial charge is 0.336 e. The van der Waals surface area contributed by atoms with Crippen LogP contribution in [-0.2, 0) is 4.79 Å². The van der Waals surface area contributed by atoms with E-state index in [9.17, 15) is 9.59 Å². The summed E-state index contributed by atoms with van der Waals surface area (Å²) in [6.07, 6.45) is 3.17. The molecule has 212 valence electrons. The van der Waals surface area contributed by atoms with Crippen LogP contribution in [0.2, 0.25) is 0 Å². The number of para-hydroxylation sites is 1. The van der Waals surface area contributed by atoms with Gasteiger partial charge in [-0.1, -0.05) is 103 Å². The Kier molecular flexibility index (Phi) is 9.54. The molecule has 7 heteroatoms. The van der Waals surface area contributed by atoms with Gasteiger partial charge in [0, 0.05) is 32.3 Å². The molecule has 0 radical (unpaired) electrons. The lowest BCUT2D eigenvalue weighted by atomic mass is 9.96. The van der Waals surface area contributed by atoms with Gasteiger partial charge < -0.3 is 10.2 Å². The smallest absolute Gasteiger partial charge is 0.256 e. The van der Waals surface area contributed by atoms with E-state index in [4.69, 9.17) is 12.2 Å². The van der Waals surface area contributed by atoms with Crippen molar-refractivity contribution >= 4 is 40.9 Å². The van der Waals surface area contributed by atoms with Gasteiger partial charge in [-0.2, -0.15) is 0 Å². The molecule has 1 aliphatic rings. The van der Waals surface area contributed by atoms with Crippen molar-refractivity contribution in [2.24, 2.45) is 0 Å². The predicted octanol–water partition coefficient (Wildman–Crippen LogP) is 6.07. The highest BCUT2D eigenvalue weighted by Gasteiger charge is 2.29. The van der Waals surface area contributed by atoms with Gasteiger partial charge in [-0.15, -0.1) is 0 Å². The Hall–Kier alpha value is -4.59. The molecule has 1 heterocycles. The van der Waals surface area contributed by atoms with E-state index in [0.717, 1.165) is 24.2 Å². The normalized spacial score (nSPS) is 13.7. The number of rotatable bonds is 7. The molecule has 0 bridgehead atoms. The van der Waals surface area contributed by atoms with Gasteiger partial charge in [0.1, 0.15) is 0 Å². The molecule has 1 fully saturated rings. The summed E-state index contributed by atoms with van der Waals surface area (Å²) in [6, 6.07) is 36.3. The Morgan fingerprint density at radius 2 is 1.33 bits per heavy atom. The third kappa shape index (κ3) is 7.37. The van der Waals surface area contributed by atoms with Crippen LogP contribution in [0.4, 0.5) is 5.69 Å². The number of thiocarbonyl (C=S) groups is 1. The van der Waals surface area contributed by atoms with Crippen molar-refractivity contribution in [1.29, 1.82) is 0 Å². The van der Waals surface area contributed by atoms with Crippen molar-refractivity contribution in [2.45, 2.75) is 13.0 Å². The fourth-order valence-electron chi connectivity index (χ4n) is 5.17. The maximum Gasteiger partial charge on any atom is 0.256 e. The maximum absolute atomic E-state index is 13.6. The molecule has 0 saturated carbocycles. The number of carbonyl (C=O) groups excluding carboxylic acids is 2. The Bertz CT molecular complexity index is 1510. The molecule has 42 heavy (non-hydrogen) atoms. The SMILES string of the molecule is Cc1ccc(/C=C/C(=O)NC(=S)Nc2ccccc2C(=O)N2CCN(C(c3ccccc3)c3ccccc3)CC2)cc1. The zero-order chi connectivity index (χ0) is 29.3. The molecular formula is C35H34N4O2S. The van der Waals surface area contributed by atoms with Gasteiger partial charge in [0.15, 0.2) is 5.11 Å². The summed E-state index contributed by atoms with van der Waals surface area (Å²) >= 11 is 5.39. The van der Waals surface area contributed by atoms with Crippen molar-refractivity contribution in [1.82, 2.24) is 15.1 Å².